The van der Waals surface area contributed by atoms with Gasteiger partial charge in [-0.3, -0.25) is 0 Å². The lowest BCUT2D eigenvalue weighted by Gasteiger charge is -2.29. The van der Waals surface area contributed by atoms with E-state index in [1.54, 1.807) is 0 Å². The maximum Gasteiger partial charge on any atom is 0.337 e. The largest absolute Gasteiger partial charge is 0.472 e. The van der Waals surface area contributed by atoms with Crippen molar-refractivity contribution in [3.8, 4) is 0 Å². The molecule has 0 saturated heterocycles. The van der Waals surface area contributed by atoms with E-state index in [-0.39, 0.29) is 11.8 Å². The average Bonchev–Trinajstić information content (AvgIpc) is 2.13. The topological polar surface area (TPSA) is 55.8 Å². The van der Waals surface area contributed by atoms with Crippen molar-refractivity contribution < 1.29 is 19.4 Å². The van der Waals surface area contributed by atoms with E-state index in [0.717, 1.165) is 0 Å². The fraction of sp³-hybridized carbons (Fsp3) is 0.667. The number of aliphatic hydroxyl groups excluding tert-OH is 1. The van der Waals surface area contributed by atoms with Crippen molar-refractivity contribution in [3.63, 3.8) is 0 Å². The number of rotatable bonds is 1. The van der Waals surface area contributed by atoms with Crippen LogP contribution in [-0.2, 0) is 14.3 Å². The third-order valence-corrected chi connectivity index (χ3v) is 2.48. The molecule has 74 valence electrons. The quantitative estimate of drug-likeness (QED) is 0.611. The zero-order valence-corrected chi connectivity index (χ0v) is 7.98. The van der Waals surface area contributed by atoms with E-state index >= 15 is 0 Å². The first-order valence-electron chi connectivity index (χ1n) is 4.19. The van der Waals surface area contributed by atoms with Crippen molar-refractivity contribution in [1.29, 1.82) is 0 Å². The second kappa shape index (κ2) is 3.79. The highest BCUT2D eigenvalue weighted by Crippen LogP contribution is 2.29. The molecular formula is C9H14O4. The highest BCUT2D eigenvalue weighted by Gasteiger charge is 2.32. The van der Waals surface area contributed by atoms with Crippen LogP contribution in [-0.4, -0.2) is 24.5 Å². The summed E-state index contributed by atoms with van der Waals surface area (Å²) in [5, 5.41) is 9.30. The van der Waals surface area contributed by atoms with Crippen LogP contribution in [0.3, 0.4) is 0 Å². The smallest absolute Gasteiger partial charge is 0.337 e. The van der Waals surface area contributed by atoms with E-state index < -0.39 is 12.3 Å². The maximum absolute atomic E-state index is 11.2. The van der Waals surface area contributed by atoms with Crippen LogP contribution in [0.2, 0.25) is 0 Å². The minimum Gasteiger partial charge on any atom is -0.472 e. The fourth-order valence-corrected chi connectivity index (χ4v) is 1.26. The Kier molecular flexibility index (Phi) is 2.93. The van der Waals surface area contributed by atoms with Gasteiger partial charge in [-0.2, -0.15) is 0 Å². The molecule has 3 atom stereocenters. The molecule has 1 aliphatic heterocycles. The number of carbonyl (C=O) groups excluding carboxylic acids is 1. The molecule has 1 aliphatic rings. The molecule has 4 heteroatoms. The van der Waals surface area contributed by atoms with Crippen molar-refractivity contribution in [3.05, 3.63) is 11.8 Å². The van der Waals surface area contributed by atoms with Gasteiger partial charge in [-0.25, -0.2) is 4.79 Å². The lowest BCUT2D eigenvalue weighted by Crippen LogP contribution is -2.33. The monoisotopic (exact) mass is 186 g/mol. The van der Waals surface area contributed by atoms with Crippen LogP contribution in [0, 0.1) is 11.8 Å². The molecule has 1 heterocycles. The Morgan fingerprint density at radius 1 is 1.62 bits per heavy atom. The molecule has 0 radical (unpaired) electrons. The molecule has 3 unspecified atom stereocenters. The van der Waals surface area contributed by atoms with Gasteiger partial charge in [0.15, 0.2) is 6.29 Å². The van der Waals surface area contributed by atoms with E-state index in [1.165, 1.54) is 13.4 Å². The third-order valence-electron chi connectivity index (χ3n) is 2.48. The zero-order chi connectivity index (χ0) is 10.0. The average molecular weight is 186 g/mol. The summed E-state index contributed by atoms with van der Waals surface area (Å²) in [7, 11) is 1.32. The Balaban J connectivity index is 2.81. The number of ether oxygens (including phenoxy) is 2. The molecule has 1 rings (SSSR count). The lowest BCUT2D eigenvalue weighted by molar-refractivity contribution is -0.142. The number of hydrogen-bond donors (Lipinski definition) is 1. The molecule has 0 amide bonds. The molecule has 1 N–H and O–H groups in total. The summed E-state index contributed by atoms with van der Waals surface area (Å²) >= 11 is 0. The van der Waals surface area contributed by atoms with Gasteiger partial charge in [-0.05, 0) is 5.92 Å². The van der Waals surface area contributed by atoms with Gasteiger partial charge in [0.25, 0.3) is 0 Å². The van der Waals surface area contributed by atoms with Crippen molar-refractivity contribution in [2.45, 2.75) is 20.1 Å². The van der Waals surface area contributed by atoms with Crippen LogP contribution in [0.5, 0.6) is 0 Å². The normalized spacial score (nSPS) is 33.2. The molecule has 0 aromatic heterocycles. The Hall–Kier alpha value is -1.03. The Morgan fingerprint density at radius 2 is 2.23 bits per heavy atom. The van der Waals surface area contributed by atoms with Crippen LogP contribution in [0.15, 0.2) is 11.8 Å². The third kappa shape index (κ3) is 1.83. The zero-order valence-electron chi connectivity index (χ0n) is 7.98. The highest BCUT2D eigenvalue weighted by atomic mass is 16.6. The van der Waals surface area contributed by atoms with Crippen molar-refractivity contribution in [1.82, 2.24) is 0 Å². The molecule has 0 fully saturated rings. The Bertz CT molecular complexity index is 234. The van der Waals surface area contributed by atoms with Gasteiger partial charge in [0, 0.05) is 5.92 Å². The van der Waals surface area contributed by atoms with Gasteiger partial charge in [-0.1, -0.05) is 13.8 Å². The Morgan fingerprint density at radius 3 is 2.77 bits per heavy atom. The minimum absolute atomic E-state index is 0.0452. The summed E-state index contributed by atoms with van der Waals surface area (Å²) in [6.45, 7) is 3.68. The van der Waals surface area contributed by atoms with Gasteiger partial charge >= 0.3 is 5.97 Å². The number of esters is 1. The van der Waals surface area contributed by atoms with E-state index in [1.807, 2.05) is 13.8 Å². The number of methoxy groups -OCH3 is 1. The molecule has 0 spiro atoms. The molecule has 0 aromatic carbocycles. The SMILES string of the molecule is COC(=O)C1=COC(O)C(C)C1C. The summed E-state index contributed by atoms with van der Waals surface area (Å²) in [6.07, 6.45) is 0.449. The van der Waals surface area contributed by atoms with Crippen LogP contribution in [0.4, 0.5) is 0 Å². The predicted molar refractivity (Wildman–Crippen MR) is 45.5 cm³/mol. The highest BCUT2D eigenvalue weighted by molar-refractivity contribution is 5.88. The summed E-state index contributed by atoms with van der Waals surface area (Å²) in [4.78, 5) is 11.2. The first-order valence-corrected chi connectivity index (χ1v) is 4.19. The molecule has 0 bridgehead atoms. The summed E-state index contributed by atoms with van der Waals surface area (Å²) < 4.78 is 9.46. The van der Waals surface area contributed by atoms with E-state index in [4.69, 9.17) is 4.74 Å². The summed E-state index contributed by atoms with van der Waals surface area (Å²) in [6, 6.07) is 0. The predicted octanol–water partition coefficient (Wildman–Crippen LogP) is 0.664. The van der Waals surface area contributed by atoms with Gasteiger partial charge in [-0.15, -0.1) is 0 Å². The second-order valence-corrected chi connectivity index (χ2v) is 3.24. The molecule has 4 nitrogen and oxygen atoms in total. The van der Waals surface area contributed by atoms with E-state index in [2.05, 4.69) is 4.74 Å². The number of aliphatic hydroxyl groups is 1. The van der Waals surface area contributed by atoms with Crippen LogP contribution in [0.25, 0.3) is 0 Å². The van der Waals surface area contributed by atoms with E-state index in [9.17, 15) is 9.90 Å². The van der Waals surface area contributed by atoms with Crippen LogP contribution in [0.1, 0.15) is 13.8 Å². The van der Waals surface area contributed by atoms with Gasteiger partial charge in [0.2, 0.25) is 0 Å². The molecular weight excluding hydrogens is 172 g/mol. The molecule has 0 saturated carbocycles. The Labute approximate surface area is 77.1 Å². The first-order chi connectivity index (χ1) is 6.07. The van der Waals surface area contributed by atoms with Crippen LogP contribution >= 0.6 is 0 Å². The summed E-state index contributed by atoms with van der Waals surface area (Å²) in [5.74, 6) is -0.540. The van der Waals surface area contributed by atoms with Crippen molar-refractivity contribution in [2.24, 2.45) is 11.8 Å². The molecule has 0 aromatic rings. The van der Waals surface area contributed by atoms with Gasteiger partial charge in [0.1, 0.15) is 0 Å². The number of hydrogen-bond acceptors (Lipinski definition) is 4. The lowest BCUT2D eigenvalue weighted by atomic mass is 9.87. The summed E-state index contributed by atoms with van der Waals surface area (Å²) in [5.41, 5.74) is 0.473. The minimum atomic E-state index is -0.830. The molecule has 13 heavy (non-hydrogen) atoms. The maximum atomic E-state index is 11.2. The number of carbonyl (C=O) groups is 1. The van der Waals surface area contributed by atoms with Gasteiger partial charge < -0.3 is 14.6 Å². The van der Waals surface area contributed by atoms with Crippen molar-refractivity contribution >= 4 is 5.97 Å². The molecule has 0 aliphatic carbocycles. The standard InChI is InChI=1S/C9H14O4/c1-5-6(2)8(10)13-4-7(5)9(11)12-3/h4-6,8,10H,1-3H3. The van der Waals surface area contributed by atoms with Crippen molar-refractivity contribution in [2.75, 3.05) is 7.11 Å². The fourth-order valence-electron chi connectivity index (χ4n) is 1.26. The second-order valence-electron chi connectivity index (χ2n) is 3.24. The van der Waals surface area contributed by atoms with E-state index in [0.29, 0.717) is 5.57 Å². The van der Waals surface area contributed by atoms with Crippen LogP contribution < -0.4 is 0 Å². The van der Waals surface area contributed by atoms with Gasteiger partial charge in [0.05, 0.1) is 18.9 Å². The first kappa shape index (κ1) is 10.1.